The molecule has 4 atom stereocenters. The molecule has 16 nitrogen and oxygen atoms in total. The van der Waals surface area contributed by atoms with E-state index in [-0.39, 0.29) is 44.1 Å². The van der Waals surface area contributed by atoms with Gasteiger partial charge in [-0.05, 0) is 31.6 Å². The van der Waals surface area contributed by atoms with Crippen molar-refractivity contribution in [2.75, 3.05) is 6.54 Å². The van der Waals surface area contributed by atoms with Crippen LogP contribution in [0.2, 0.25) is 0 Å². The fourth-order valence-electron chi connectivity index (χ4n) is 3.13. The molecule has 0 aromatic rings. The Morgan fingerprint density at radius 2 is 1.32 bits per heavy atom. The van der Waals surface area contributed by atoms with E-state index in [0.29, 0.717) is 6.42 Å². The van der Waals surface area contributed by atoms with Crippen molar-refractivity contribution >= 4 is 41.5 Å². The lowest BCUT2D eigenvalue weighted by molar-refractivity contribution is -0.144. The first-order valence-corrected chi connectivity index (χ1v) is 11.6. The predicted octanol–water partition coefficient (Wildman–Crippen LogP) is -3.91. The number of aliphatic carboxylic acids is 1. The van der Waals surface area contributed by atoms with Crippen LogP contribution in [0.1, 0.15) is 52.4 Å². The van der Waals surface area contributed by atoms with Crippen LogP contribution in [-0.4, -0.2) is 77.3 Å². The predicted molar refractivity (Wildman–Crippen MR) is 133 cm³/mol. The highest BCUT2D eigenvalue weighted by Crippen LogP contribution is 2.08. The summed E-state index contributed by atoms with van der Waals surface area (Å²) in [5.41, 5.74) is 26.6. The van der Waals surface area contributed by atoms with Gasteiger partial charge in [-0.2, -0.15) is 0 Å². The second kappa shape index (κ2) is 16.7. The zero-order valence-corrected chi connectivity index (χ0v) is 21.1. The highest BCUT2D eigenvalue weighted by Gasteiger charge is 2.31. The lowest BCUT2D eigenvalue weighted by atomic mass is 10.0. The minimum atomic E-state index is -1.60. The molecule has 0 aliphatic carbocycles. The number of carboxylic acids is 1. The lowest BCUT2D eigenvalue weighted by Gasteiger charge is -2.26. The molecule has 0 bridgehead atoms. The number of hydrogen-bond acceptors (Lipinski definition) is 8. The van der Waals surface area contributed by atoms with Crippen LogP contribution in [-0.2, 0) is 28.8 Å². The lowest BCUT2D eigenvalue weighted by Crippen LogP contribution is -2.57. The van der Waals surface area contributed by atoms with Gasteiger partial charge in [0, 0.05) is 13.0 Å². The average Bonchev–Trinajstić information content (AvgIpc) is 2.76. The molecule has 0 radical (unpaired) electrons. The van der Waals surface area contributed by atoms with Gasteiger partial charge < -0.3 is 49.7 Å². The summed E-state index contributed by atoms with van der Waals surface area (Å²) in [6.45, 7) is 3.77. The topological polar surface area (TPSA) is 301 Å². The maximum absolute atomic E-state index is 13.0. The van der Waals surface area contributed by atoms with Crippen molar-refractivity contribution in [1.29, 1.82) is 0 Å². The van der Waals surface area contributed by atoms with E-state index < -0.39 is 66.1 Å². The Kier molecular flexibility index (Phi) is 14.9. The van der Waals surface area contributed by atoms with Crippen molar-refractivity contribution in [2.45, 2.75) is 76.5 Å². The third kappa shape index (κ3) is 14.9. The fraction of sp³-hybridized carbons (Fsp3) is 0.667. The summed E-state index contributed by atoms with van der Waals surface area (Å²) in [6.07, 6.45) is -0.399. The average molecular weight is 530 g/mol. The largest absolute Gasteiger partial charge is 0.480 e. The van der Waals surface area contributed by atoms with E-state index in [1.165, 1.54) is 0 Å². The van der Waals surface area contributed by atoms with Gasteiger partial charge in [0.2, 0.25) is 29.5 Å². The van der Waals surface area contributed by atoms with Crippen molar-refractivity contribution in [3.63, 3.8) is 0 Å². The van der Waals surface area contributed by atoms with E-state index in [1.54, 1.807) is 13.8 Å². The number of primary amides is 2. The second-order valence-corrected chi connectivity index (χ2v) is 8.88. The minimum absolute atomic E-state index is 0.0985. The van der Waals surface area contributed by atoms with Crippen molar-refractivity contribution < 1.29 is 33.9 Å². The maximum Gasteiger partial charge on any atom is 0.326 e. The molecule has 4 unspecified atom stereocenters. The van der Waals surface area contributed by atoms with Crippen LogP contribution in [0.4, 0.5) is 0 Å². The monoisotopic (exact) mass is 529 g/mol. The molecule has 0 fully saturated rings. The summed E-state index contributed by atoms with van der Waals surface area (Å²) in [4.78, 5) is 75.9. The van der Waals surface area contributed by atoms with Crippen molar-refractivity contribution in [3.05, 3.63) is 0 Å². The molecule has 0 aromatic carbocycles. The van der Waals surface area contributed by atoms with E-state index in [1.807, 2.05) is 0 Å². The van der Waals surface area contributed by atoms with Gasteiger partial charge in [-0.3, -0.25) is 29.0 Å². The van der Waals surface area contributed by atoms with Crippen molar-refractivity contribution in [2.24, 2.45) is 39.6 Å². The van der Waals surface area contributed by atoms with Gasteiger partial charge in [0.15, 0.2) is 5.96 Å². The quantitative estimate of drug-likeness (QED) is 0.0472. The molecular formula is C21H39N9O7. The maximum atomic E-state index is 13.0. The number of carbonyl (C=O) groups is 6. The summed E-state index contributed by atoms with van der Waals surface area (Å²) < 4.78 is 0. The fourth-order valence-corrected chi connectivity index (χ4v) is 3.13. The normalized spacial score (nSPS) is 13.9. The number of nitrogens with one attached hydrogen (secondary N) is 3. The molecular weight excluding hydrogens is 490 g/mol. The molecule has 0 aliphatic heterocycles. The van der Waals surface area contributed by atoms with Crippen molar-refractivity contribution in [3.8, 4) is 0 Å². The van der Waals surface area contributed by atoms with Crippen LogP contribution in [0, 0.1) is 5.92 Å². The van der Waals surface area contributed by atoms with Gasteiger partial charge in [-0.1, -0.05) is 13.8 Å². The number of aliphatic imine (C=N–C) groups is 1. The first-order valence-electron chi connectivity index (χ1n) is 11.6. The van der Waals surface area contributed by atoms with Gasteiger partial charge in [-0.25, -0.2) is 4.79 Å². The number of carbonyl (C=O) groups excluding carboxylic acids is 5. The van der Waals surface area contributed by atoms with E-state index in [0.717, 1.165) is 0 Å². The molecule has 0 saturated heterocycles. The van der Waals surface area contributed by atoms with Crippen LogP contribution >= 0.6 is 0 Å². The molecule has 0 heterocycles. The Bertz CT molecular complexity index is 859. The molecule has 0 saturated carbocycles. The summed E-state index contributed by atoms with van der Waals surface area (Å²) in [5.74, 6) is -5.74. The standard InChI is InChI=1S/C21H39N9O7/c1-10(2)8-13(19(35)30-14(20(36)37)9-16(24)32)29-18(34)12(5-6-15(23)31)28-17(33)11(22)4-3-7-27-21(25)26/h10-14H,3-9,22H2,1-2H3,(H2,23,31)(H2,24,32)(H,28,33)(H,29,34)(H,30,35)(H,36,37)(H4,25,26,27). The SMILES string of the molecule is CC(C)CC(NC(=O)C(CCC(N)=O)NC(=O)C(N)CCCN=C(N)N)C(=O)NC(CC(N)=O)C(=O)O. The Morgan fingerprint density at radius 1 is 0.784 bits per heavy atom. The summed E-state index contributed by atoms with van der Waals surface area (Å²) in [5, 5.41) is 16.3. The molecule has 210 valence electrons. The van der Waals surface area contributed by atoms with Gasteiger partial charge in [-0.15, -0.1) is 0 Å². The zero-order valence-electron chi connectivity index (χ0n) is 21.1. The third-order valence-corrected chi connectivity index (χ3v) is 4.98. The number of nitrogens with zero attached hydrogens (tertiary/aromatic N) is 1. The van der Waals surface area contributed by atoms with E-state index in [9.17, 15) is 33.9 Å². The number of rotatable bonds is 18. The van der Waals surface area contributed by atoms with Crippen LogP contribution in [0.5, 0.6) is 0 Å². The molecule has 0 spiro atoms. The number of carboxylic acid groups (broad SMARTS) is 1. The Labute approximate surface area is 214 Å². The van der Waals surface area contributed by atoms with Gasteiger partial charge in [0.05, 0.1) is 12.5 Å². The summed E-state index contributed by atoms with van der Waals surface area (Å²) in [6, 6.07) is -5.10. The molecule has 37 heavy (non-hydrogen) atoms. The van der Waals surface area contributed by atoms with Crippen LogP contribution in [0.3, 0.4) is 0 Å². The Balaban J connectivity index is 5.51. The molecule has 16 heteroatoms. The van der Waals surface area contributed by atoms with E-state index >= 15 is 0 Å². The number of nitrogens with two attached hydrogens (primary N) is 5. The highest BCUT2D eigenvalue weighted by molar-refractivity contribution is 5.95. The molecule has 5 amide bonds. The number of amides is 5. The van der Waals surface area contributed by atoms with Gasteiger partial charge >= 0.3 is 5.97 Å². The van der Waals surface area contributed by atoms with E-state index in [2.05, 4.69) is 20.9 Å². The third-order valence-electron chi connectivity index (χ3n) is 4.98. The smallest absolute Gasteiger partial charge is 0.326 e. The first-order chi connectivity index (χ1) is 17.1. The molecule has 0 aromatic heterocycles. The zero-order chi connectivity index (χ0) is 28.7. The van der Waals surface area contributed by atoms with Crippen LogP contribution in [0.15, 0.2) is 4.99 Å². The Morgan fingerprint density at radius 3 is 1.81 bits per heavy atom. The highest BCUT2D eigenvalue weighted by atomic mass is 16.4. The van der Waals surface area contributed by atoms with Gasteiger partial charge in [0.25, 0.3) is 0 Å². The number of guanidine groups is 1. The second-order valence-electron chi connectivity index (χ2n) is 8.88. The first kappa shape index (κ1) is 33.0. The van der Waals surface area contributed by atoms with Crippen molar-refractivity contribution in [1.82, 2.24) is 16.0 Å². The Hall–Kier alpha value is -3.95. The van der Waals surface area contributed by atoms with Gasteiger partial charge in [0.1, 0.15) is 18.1 Å². The van der Waals surface area contributed by atoms with Crippen LogP contribution in [0.25, 0.3) is 0 Å². The summed E-state index contributed by atoms with van der Waals surface area (Å²) in [7, 11) is 0. The number of hydrogen-bond donors (Lipinski definition) is 9. The molecule has 0 aliphatic rings. The molecule has 14 N–H and O–H groups in total. The minimum Gasteiger partial charge on any atom is -0.480 e. The van der Waals surface area contributed by atoms with E-state index in [4.69, 9.17) is 28.7 Å². The molecule has 0 rings (SSSR count). The van der Waals surface area contributed by atoms with Crippen LogP contribution < -0.4 is 44.6 Å². The summed E-state index contributed by atoms with van der Waals surface area (Å²) >= 11 is 0.